The quantitative estimate of drug-likeness (QED) is 0.107. The van der Waals surface area contributed by atoms with Crippen LogP contribution < -0.4 is 0 Å². The van der Waals surface area contributed by atoms with E-state index in [1.165, 1.54) is 0 Å². The van der Waals surface area contributed by atoms with Crippen LogP contribution in [0.4, 0.5) is 0 Å². The fraction of sp³-hybridized carbons (Fsp3) is 0.846. The number of hydrogen-bond donors (Lipinski definition) is 0. The Hall–Kier alpha value is -2.12. The third kappa shape index (κ3) is 8.91. The van der Waals surface area contributed by atoms with Gasteiger partial charge in [0.15, 0.2) is 10.8 Å². The molecule has 0 rings (SSSR count). The van der Waals surface area contributed by atoms with Gasteiger partial charge in [0.1, 0.15) is 0 Å². The van der Waals surface area contributed by atoms with E-state index in [2.05, 4.69) is 0 Å². The van der Waals surface area contributed by atoms with E-state index in [1.54, 1.807) is 27.7 Å². The lowest BCUT2D eigenvalue weighted by molar-refractivity contribution is -0.176. The molecule has 8 nitrogen and oxygen atoms in total. The number of unbranched alkanes of at least 4 members (excludes halogenated alkanes) is 3. The third-order valence-electron chi connectivity index (χ3n) is 6.04. The van der Waals surface area contributed by atoms with E-state index in [0.717, 1.165) is 12.8 Å². The first-order valence-electron chi connectivity index (χ1n) is 12.9. The van der Waals surface area contributed by atoms with Crippen LogP contribution >= 0.6 is 0 Å². The summed E-state index contributed by atoms with van der Waals surface area (Å²) in [7, 11) is 0. The second-order valence-electron chi connectivity index (χ2n) is 8.46. The van der Waals surface area contributed by atoms with Gasteiger partial charge in [-0.25, -0.2) is 0 Å². The molecule has 0 aromatic rings. The monoisotopic (exact) mass is 486 g/mol. The van der Waals surface area contributed by atoms with Crippen LogP contribution in [0, 0.1) is 10.8 Å². The molecule has 0 heterocycles. The molecule has 0 aliphatic heterocycles. The van der Waals surface area contributed by atoms with Crippen molar-refractivity contribution in [3.05, 3.63) is 0 Å². The fourth-order valence-electron chi connectivity index (χ4n) is 4.12. The average molecular weight is 487 g/mol. The maximum Gasteiger partial charge on any atom is 0.323 e. The molecular weight excluding hydrogens is 440 g/mol. The molecule has 0 saturated heterocycles. The van der Waals surface area contributed by atoms with Gasteiger partial charge < -0.3 is 18.9 Å². The van der Waals surface area contributed by atoms with Crippen LogP contribution in [0.5, 0.6) is 0 Å². The summed E-state index contributed by atoms with van der Waals surface area (Å²) < 4.78 is 21.1. The summed E-state index contributed by atoms with van der Waals surface area (Å²) in [5.41, 5.74) is -2.77. The molecule has 0 aliphatic carbocycles. The number of hydrogen-bond acceptors (Lipinski definition) is 8. The molecule has 0 aliphatic rings. The molecule has 34 heavy (non-hydrogen) atoms. The Balaban J connectivity index is 5.81. The van der Waals surface area contributed by atoms with Crippen LogP contribution in [0.25, 0.3) is 0 Å². The zero-order chi connectivity index (χ0) is 26.0. The minimum atomic E-state index is -1.39. The molecule has 0 bridgehead atoms. The van der Waals surface area contributed by atoms with E-state index in [0.29, 0.717) is 38.5 Å². The van der Waals surface area contributed by atoms with E-state index in [-0.39, 0.29) is 39.3 Å². The molecule has 0 amide bonds. The summed E-state index contributed by atoms with van der Waals surface area (Å²) in [4.78, 5) is 51.7. The summed E-state index contributed by atoms with van der Waals surface area (Å²) in [5, 5.41) is 0. The van der Waals surface area contributed by atoms with Gasteiger partial charge in [-0.3, -0.25) is 19.2 Å². The molecule has 0 atom stereocenters. The molecular formula is C26H46O8. The van der Waals surface area contributed by atoms with E-state index in [9.17, 15) is 19.2 Å². The molecule has 8 heteroatoms. The van der Waals surface area contributed by atoms with Gasteiger partial charge in [-0.1, -0.05) is 52.4 Å². The first-order valence-corrected chi connectivity index (χ1v) is 12.9. The zero-order valence-corrected chi connectivity index (χ0v) is 22.2. The Morgan fingerprint density at radius 2 is 0.676 bits per heavy atom. The van der Waals surface area contributed by atoms with Crippen LogP contribution in [0.2, 0.25) is 0 Å². The number of carbonyl (C=O) groups excluding carboxylic acids is 4. The predicted octanol–water partition coefficient (Wildman–Crippen LogP) is 5.15. The van der Waals surface area contributed by atoms with Gasteiger partial charge in [0.25, 0.3) is 0 Å². The summed E-state index contributed by atoms with van der Waals surface area (Å²) in [6.07, 6.45) is 4.95. The minimum Gasteiger partial charge on any atom is -0.465 e. The Labute approximate surface area is 205 Å². The van der Waals surface area contributed by atoms with Crippen molar-refractivity contribution in [3.8, 4) is 0 Å². The van der Waals surface area contributed by atoms with Gasteiger partial charge in [0, 0.05) is 0 Å². The van der Waals surface area contributed by atoms with Gasteiger partial charge in [-0.15, -0.1) is 0 Å². The zero-order valence-electron chi connectivity index (χ0n) is 22.2. The Morgan fingerprint density at radius 3 is 0.882 bits per heavy atom. The molecule has 0 aromatic heterocycles. The Bertz CT molecular complexity index is 538. The van der Waals surface area contributed by atoms with E-state index in [1.807, 2.05) is 13.8 Å². The summed E-state index contributed by atoms with van der Waals surface area (Å²) in [6, 6.07) is 0. The summed E-state index contributed by atoms with van der Waals surface area (Å²) in [5.74, 6) is -2.30. The summed E-state index contributed by atoms with van der Waals surface area (Å²) in [6.45, 7) is 11.4. The van der Waals surface area contributed by atoms with E-state index >= 15 is 0 Å². The smallest absolute Gasteiger partial charge is 0.323 e. The maximum atomic E-state index is 12.9. The highest BCUT2D eigenvalue weighted by Crippen LogP contribution is 2.38. The van der Waals surface area contributed by atoms with Crippen molar-refractivity contribution < 1.29 is 38.1 Å². The van der Waals surface area contributed by atoms with E-state index in [4.69, 9.17) is 18.9 Å². The summed E-state index contributed by atoms with van der Waals surface area (Å²) >= 11 is 0. The Morgan fingerprint density at radius 1 is 0.441 bits per heavy atom. The highest BCUT2D eigenvalue weighted by Gasteiger charge is 2.50. The van der Waals surface area contributed by atoms with Crippen LogP contribution in [0.1, 0.15) is 106 Å². The van der Waals surface area contributed by atoms with Crippen molar-refractivity contribution in [2.75, 3.05) is 26.4 Å². The van der Waals surface area contributed by atoms with Crippen molar-refractivity contribution in [1.29, 1.82) is 0 Å². The normalized spacial score (nSPS) is 11.6. The van der Waals surface area contributed by atoms with Crippen molar-refractivity contribution in [2.24, 2.45) is 10.8 Å². The lowest BCUT2D eigenvalue weighted by atomic mass is 9.75. The van der Waals surface area contributed by atoms with Crippen LogP contribution in [0.3, 0.4) is 0 Å². The largest absolute Gasteiger partial charge is 0.465 e. The van der Waals surface area contributed by atoms with Crippen LogP contribution in [-0.2, 0) is 38.1 Å². The van der Waals surface area contributed by atoms with Gasteiger partial charge in [0.05, 0.1) is 26.4 Å². The lowest BCUT2D eigenvalue weighted by Gasteiger charge is -2.31. The van der Waals surface area contributed by atoms with Crippen molar-refractivity contribution in [2.45, 2.75) is 106 Å². The second-order valence-corrected chi connectivity index (χ2v) is 8.46. The molecule has 0 saturated carbocycles. The first-order chi connectivity index (χ1) is 16.3. The van der Waals surface area contributed by atoms with Crippen molar-refractivity contribution >= 4 is 23.9 Å². The SMILES string of the molecule is CCCCC(CCCCC(CCCC)(C(=O)OCC)C(=O)OCC)(C(=O)OCC)C(=O)OCC. The standard InChI is InChI=1S/C26H46O8/c1-7-13-17-25(21(27)31-9-3,22(28)32-10-4)19-15-16-20-26(18-14-8-2,23(29)33-11-5)24(30)34-12-6/h7-20H2,1-6H3. The molecule has 0 fully saturated rings. The van der Waals surface area contributed by atoms with Gasteiger partial charge in [-0.2, -0.15) is 0 Å². The number of carbonyl (C=O) groups is 4. The number of esters is 4. The third-order valence-corrected chi connectivity index (χ3v) is 6.04. The topological polar surface area (TPSA) is 105 Å². The highest BCUT2D eigenvalue weighted by atomic mass is 16.6. The van der Waals surface area contributed by atoms with Gasteiger partial charge >= 0.3 is 23.9 Å². The first kappa shape index (κ1) is 31.9. The second kappa shape index (κ2) is 17.3. The lowest BCUT2D eigenvalue weighted by Crippen LogP contribution is -2.43. The van der Waals surface area contributed by atoms with Gasteiger partial charge in [-0.05, 0) is 53.4 Å². The van der Waals surface area contributed by atoms with Crippen LogP contribution in [-0.4, -0.2) is 50.3 Å². The fourth-order valence-corrected chi connectivity index (χ4v) is 4.12. The molecule has 0 aromatic carbocycles. The Kier molecular flexibility index (Phi) is 16.3. The molecule has 0 N–H and O–H groups in total. The predicted molar refractivity (Wildman–Crippen MR) is 129 cm³/mol. The molecule has 0 unspecified atom stereocenters. The molecule has 0 radical (unpaired) electrons. The van der Waals surface area contributed by atoms with Crippen molar-refractivity contribution in [1.82, 2.24) is 0 Å². The average Bonchev–Trinajstić information content (AvgIpc) is 2.81. The number of rotatable bonds is 19. The van der Waals surface area contributed by atoms with Crippen molar-refractivity contribution in [3.63, 3.8) is 0 Å². The minimum absolute atomic E-state index is 0.165. The maximum absolute atomic E-state index is 12.9. The highest BCUT2D eigenvalue weighted by molar-refractivity contribution is 6.00. The van der Waals surface area contributed by atoms with Gasteiger partial charge in [0.2, 0.25) is 0 Å². The molecule has 198 valence electrons. The van der Waals surface area contributed by atoms with E-state index < -0.39 is 34.7 Å². The van der Waals surface area contributed by atoms with Crippen LogP contribution in [0.15, 0.2) is 0 Å². The number of ether oxygens (including phenoxy) is 4. The molecule has 0 spiro atoms.